The molecule has 3 rings (SSSR count). The lowest BCUT2D eigenvalue weighted by atomic mass is 9.89. The van der Waals surface area contributed by atoms with Crippen LogP contribution in [0, 0.1) is 12.8 Å². The van der Waals surface area contributed by atoms with E-state index < -0.39 is 23.3 Å². The summed E-state index contributed by atoms with van der Waals surface area (Å²) in [6, 6.07) is 6.66. The van der Waals surface area contributed by atoms with Gasteiger partial charge < -0.3 is 5.32 Å². The molecule has 0 radical (unpaired) electrons. The number of carbonyl (C=O) groups is 1. The van der Waals surface area contributed by atoms with Crippen LogP contribution in [-0.4, -0.2) is 15.7 Å². The minimum Gasteiger partial charge on any atom is -0.321 e. The molecule has 1 saturated carbocycles. The van der Waals surface area contributed by atoms with Crippen molar-refractivity contribution < 1.29 is 18.0 Å². The van der Waals surface area contributed by atoms with Crippen LogP contribution < -0.4 is 10.5 Å². The van der Waals surface area contributed by atoms with Crippen LogP contribution in [0.1, 0.15) is 53.8 Å². The molecule has 1 aliphatic rings. The summed E-state index contributed by atoms with van der Waals surface area (Å²) < 4.78 is 42.2. The van der Waals surface area contributed by atoms with Crippen molar-refractivity contribution in [3.8, 4) is 0 Å². The number of nitrogens with one attached hydrogen (secondary N) is 1. The van der Waals surface area contributed by atoms with Gasteiger partial charge in [-0.15, -0.1) is 0 Å². The van der Waals surface area contributed by atoms with Crippen LogP contribution in [0.2, 0.25) is 0 Å². The van der Waals surface area contributed by atoms with Crippen LogP contribution >= 0.6 is 11.9 Å². The molecule has 1 fully saturated rings. The van der Waals surface area contributed by atoms with E-state index in [1.807, 2.05) is 0 Å². The van der Waals surface area contributed by atoms with Gasteiger partial charge in [-0.1, -0.05) is 25.3 Å². The zero-order valence-corrected chi connectivity index (χ0v) is 16.4. The van der Waals surface area contributed by atoms with Gasteiger partial charge in [0.15, 0.2) is 0 Å². The Morgan fingerprint density at radius 3 is 2.68 bits per heavy atom. The molecular weight excluding hydrogens is 389 g/mol. The van der Waals surface area contributed by atoms with Crippen molar-refractivity contribution >= 4 is 23.5 Å². The number of nitrogens with zero attached hydrogens (tertiary/aromatic N) is 2. The first-order valence-corrected chi connectivity index (χ1v) is 10.1. The minimum atomic E-state index is -4.66. The molecule has 0 unspecified atom stereocenters. The Bertz CT molecular complexity index is 844. The number of hydrogen-bond donors (Lipinski definition) is 2. The number of anilines is 1. The van der Waals surface area contributed by atoms with Crippen LogP contribution in [0.3, 0.4) is 0 Å². The third-order valence-electron chi connectivity index (χ3n) is 5.01. The molecule has 9 heteroatoms. The topological polar surface area (TPSA) is 72.9 Å². The van der Waals surface area contributed by atoms with Crippen molar-refractivity contribution in [3.63, 3.8) is 0 Å². The maximum absolute atomic E-state index is 13.7. The third-order valence-corrected chi connectivity index (χ3v) is 5.54. The van der Waals surface area contributed by atoms with Crippen LogP contribution in [0.5, 0.6) is 0 Å². The van der Waals surface area contributed by atoms with Gasteiger partial charge >= 0.3 is 6.18 Å². The van der Waals surface area contributed by atoms with Gasteiger partial charge in [-0.25, -0.2) is 0 Å². The Morgan fingerprint density at radius 2 is 2.04 bits per heavy atom. The monoisotopic (exact) mass is 412 g/mol. The first-order chi connectivity index (χ1) is 13.3. The summed E-state index contributed by atoms with van der Waals surface area (Å²) in [5.41, 5.74) is -1.19. The highest BCUT2D eigenvalue weighted by atomic mass is 32.2. The summed E-state index contributed by atoms with van der Waals surface area (Å²) in [5, 5.41) is 12.2. The van der Waals surface area contributed by atoms with Crippen molar-refractivity contribution in [3.05, 3.63) is 41.2 Å². The predicted octanol–water partition coefficient (Wildman–Crippen LogP) is 5.01. The third kappa shape index (κ3) is 4.70. The minimum absolute atomic E-state index is 0.181. The summed E-state index contributed by atoms with van der Waals surface area (Å²) in [4.78, 5) is 13.5. The smallest absolute Gasteiger partial charge is 0.321 e. The number of aromatic nitrogens is 2. The summed E-state index contributed by atoms with van der Waals surface area (Å²) in [6.45, 7) is 1.61. The van der Waals surface area contributed by atoms with Gasteiger partial charge in [0.25, 0.3) is 5.91 Å². The number of halogens is 3. The molecule has 1 aromatic carbocycles. The van der Waals surface area contributed by atoms with E-state index in [-0.39, 0.29) is 11.6 Å². The molecule has 0 aliphatic heterocycles. The maximum atomic E-state index is 13.7. The number of nitrogens with two attached hydrogens (primary N) is 1. The largest absolute Gasteiger partial charge is 0.420 e. The summed E-state index contributed by atoms with van der Waals surface area (Å²) in [7, 11) is 0. The SMILES string of the molecule is Cc1nn(CC2CCCCC2)c(C(=O)Nc2cccc(SN)c2)c1C(F)(F)F. The number of alkyl halides is 3. The van der Waals surface area contributed by atoms with E-state index in [9.17, 15) is 18.0 Å². The first kappa shape index (κ1) is 20.7. The average Bonchev–Trinajstić information content (AvgIpc) is 2.99. The first-order valence-electron chi connectivity index (χ1n) is 9.22. The van der Waals surface area contributed by atoms with E-state index >= 15 is 0 Å². The molecule has 1 heterocycles. The van der Waals surface area contributed by atoms with Crippen molar-refractivity contribution in [1.82, 2.24) is 9.78 Å². The molecule has 3 N–H and O–H groups in total. The molecule has 0 atom stereocenters. The fourth-order valence-corrected chi connectivity index (χ4v) is 4.09. The molecule has 28 heavy (non-hydrogen) atoms. The Hall–Kier alpha value is -2.00. The van der Waals surface area contributed by atoms with Crippen molar-refractivity contribution in [1.29, 1.82) is 0 Å². The van der Waals surface area contributed by atoms with Crippen LogP contribution in [-0.2, 0) is 12.7 Å². The molecular formula is C19H23F3N4OS. The number of carbonyl (C=O) groups excluding carboxylic acids is 1. The highest BCUT2D eigenvalue weighted by Gasteiger charge is 2.41. The Balaban J connectivity index is 1.94. The van der Waals surface area contributed by atoms with E-state index in [0.717, 1.165) is 44.1 Å². The van der Waals surface area contributed by atoms with E-state index in [4.69, 9.17) is 5.14 Å². The van der Waals surface area contributed by atoms with Gasteiger partial charge in [0.05, 0.1) is 5.69 Å². The molecule has 0 bridgehead atoms. The molecule has 1 aliphatic carbocycles. The fraction of sp³-hybridized carbons (Fsp3) is 0.474. The molecule has 0 saturated heterocycles. The molecule has 1 aromatic heterocycles. The van der Waals surface area contributed by atoms with Crippen LogP contribution in [0.25, 0.3) is 0 Å². The fourth-order valence-electron chi connectivity index (χ4n) is 3.74. The number of hydrogen-bond acceptors (Lipinski definition) is 4. The van der Waals surface area contributed by atoms with Crippen molar-refractivity contribution in [2.24, 2.45) is 11.1 Å². The number of aryl methyl sites for hydroxylation is 1. The summed E-state index contributed by atoms with van der Waals surface area (Å²) in [5.74, 6) is -0.583. The lowest BCUT2D eigenvalue weighted by molar-refractivity contribution is -0.138. The lowest BCUT2D eigenvalue weighted by Gasteiger charge is -2.22. The summed E-state index contributed by atoms with van der Waals surface area (Å²) >= 11 is 0.995. The standard InChI is InChI=1S/C19H23F3N4OS/c1-12-16(19(20,21)22)17(26(25-12)11-13-6-3-2-4-7-13)18(27)24-14-8-5-9-15(10-14)28-23/h5,8-10,13H,2-4,6-7,11,23H2,1H3,(H,24,27). The maximum Gasteiger partial charge on any atom is 0.420 e. The number of rotatable bonds is 5. The highest BCUT2D eigenvalue weighted by Crippen LogP contribution is 2.36. The normalized spacial score (nSPS) is 15.6. The van der Waals surface area contributed by atoms with Crippen LogP contribution in [0.15, 0.2) is 29.2 Å². The predicted molar refractivity (Wildman–Crippen MR) is 103 cm³/mol. The van der Waals surface area contributed by atoms with E-state index in [2.05, 4.69) is 10.4 Å². The summed E-state index contributed by atoms with van der Waals surface area (Å²) in [6.07, 6.45) is 0.486. The lowest BCUT2D eigenvalue weighted by Crippen LogP contribution is -2.24. The second kappa shape index (κ2) is 8.57. The van der Waals surface area contributed by atoms with Crippen molar-refractivity contribution in [2.45, 2.75) is 56.6 Å². The zero-order valence-electron chi connectivity index (χ0n) is 15.6. The Morgan fingerprint density at radius 1 is 1.32 bits per heavy atom. The highest BCUT2D eigenvalue weighted by molar-refractivity contribution is 7.97. The van der Waals surface area contributed by atoms with E-state index in [1.54, 1.807) is 24.3 Å². The van der Waals surface area contributed by atoms with Crippen LogP contribution in [0.4, 0.5) is 18.9 Å². The second-order valence-corrected chi connectivity index (χ2v) is 7.80. The Kier molecular flexibility index (Phi) is 6.34. The average molecular weight is 412 g/mol. The molecule has 0 spiro atoms. The molecule has 2 aromatic rings. The van der Waals surface area contributed by atoms with Gasteiger partial charge in [0, 0.05) is 17.1 Å². The molecule has 152 valence electrons. The Labute approximate surface area is 166 Å². The van der Waals surface area contributed by atoms with Gasteiger partial charge in [0.1, 0.15) is 11.3 Å². The van der Waals surface area contributed by atoms with Gasteiger partial charge in [-0.2, -0.15) is 18.3 Å². The van der Waals surface area contributed by atoms with Gasteiger partial charge in [0.2, 0.25) is 0 Å². The van der Waals surface area contributed by atoms with E-state index in [1.165, 1.54) is 11.6 Å². The number of benzene rings is 1. The molecule has 5 nitrogen and oxygen atoms in total. The number of amides is 1. The van der Waals surface area contributed by atoms with Gasteiger partial charge in [-0.05, 0) is 55.8 Å². The second-order valence-electron chi connectivity index (χ2n) is 7.09. The van der Waals surface area contributed by atoms with E-state index in [0.29, 0.717) is 17.1 Å². The zero-order chi connectivity index (χ0) is 20.3. The van der Waals surface area contributed by atoms with Crippen molar-refractivity contribution in [2.75, 3.05) is 5.32 Å². The molecule has 1 amide bonds. The van der Waals surface area contributed by atoms with Gasteiger partial charge in [-0.3, -0.25) is 14.6 Å². The quantitative estimate of drug-likeness (QED) is 0.677.